The van der Waals surface area contributed by atoms with Gasteiger partial charge in [0.2, 0.25) is 0 Å². The Balaban J connectivity index is 1.79. The zero-order chi connectivity index (χ0) is 17.6. The highest BCUT2D eigenvalue weighted by Crippen LogP contribution is 2.14. The summed E-state index contributed by atoms with van der Waals surface area (Å²) in [6, 6.07) is 20.1. The molecule has 0 saturated carbocycles. The zero-order valence-corrected chi connectivity index (χ0v) is 13.6. The summed E-state index contributed by atoms with van der Waals surface area (Å²) >= 11 is 0. The molecular weight excluding hydrogens is 314 g/mol. The molecule has 0 aliphatic heterocycles. The van der Waals surface area contributed by atoms with E-state index in [2.05, 4.69) is 23.7 Å². The molecule has 0 radical (unpaired) electrons. The van der Waals surface area contributed by atoms with Crippen LogP contribution in [0.25, 0.3) is 0 Å². The van der Waals surface area contributed by atoms with Crippen molar-refractivity contribution in [2.75, 3.05) is 0 Å². The van der Waals surface area contributed by atoms with E-state index in [1.165, 1.54) is 19.1 Å². The van der Waals surface area contributed by atoms with Crippen molar-refractivity contribution in [3.05, 3.63) is 106 Å². The second-order valence-electron chi connectivity index (χ2n) is 5.50. The number of benzene rings is 3. The lowest BCUT2D eigenvalue weighted by Gasteiger charge is -1.99. The Morgan fingerprint density at radius 2 is 1.08 bits per heavy atom. The van der Waals surface area contributed by atoms with Gasteiger partial charge in [-0.15, -0.1) is 0 Å². The van der Waals surface area contributed by atoms with Crippen LogP contribution in [0, 0.1) is 42.2 Å². The predicted molar refractivity (Wildman–Crippen MR) is 95.9 cm³/mol. The van der Waals surface area contributed by atoms with Crippen LogP contribution in [0.15, 0.2) is 66.7 Å². The number of hydrogen-bond acceptors (Lipinski definition) is 0. The molecule has 0 saturated heterocycles. The fourth-order valence-corrected chi connectivity index (χ4v) is 2.18. The number of rotatable bonds is 0. The minimum absolute atomic E-state index is 0.0519. The van der Waals surface area contributed by atoms with Gasteiger partial charge in [-0.1, -0.05) is 47.9 Å². The first kappa shape index (κ1) is 16.5. The van der Waals surface area contributed by atoms with Crippen molar-refractivity contribution < 1.29 is 8.78 Å². The standard InChI is InChI=1S/C23H14F2/c1-17-7-15-21(23(25)22(17)24)16-14-20-12-10-19(11-13-20)9-8-18-5-3-2-4-6-18/h2-7,10-13,15H,1H3. The van der Waals surface area contributed by atoms with Crippen molar-refractivity contribution in [2.24, 2.45) is 0 Å². The molecule has 0 nitrogen and oxygen atoms in total. The quantitative estimate of drug-likeness (QED) is 0.505. The molecule has 0 unspecified atom stereocenters. The van der Waals surface area contributed by atoms with E-state index in [1.54, 1.807) is 0 Å². The summed E-state index contributed by atoms with van der Waals surface area (Å²) in [5, 5.41) is 0. The third-order valence-corrected chi connectivity index (χ3v) is 3.63. The highest BCUT2D eigenvalue weighted by molar-refractivity contribution is 5.48. The van der Waals surface area contributed by atoms with E-state index in [1.807, 2.05) is 54.6 Å². The molecule has 0 amide bonds. The third-order valence-electron chi connectivity index (χ3n) is 3.63. The Morgan fingerprint density at radius 1 is 0.560 bits per heavy atom. The summed E-state index contributed by atoms with van der Waals surface area (Å²) in [6.45, 7) is 1.52. The highest BCUT2D eigenvalue weighted by atomic mass is 19.2. The van der Waals surface area contributed by atoms with E-state index in [-0.39, 0.29) is 11.1 Å². The molecule has 3 rings (SSSR count). The molecule has 3 aromatic carbocycles. The van der Waals surface area contributed by atoms with Crippen molar-refractivity contribution >= 4 is 0 Å². The second-order valence-corrected chi connectivity index (χ2v) is 5.50. The lowest BCUT2D eigenvalue weighted by molar-refractivity contribution is 0.501. The number of halogens is 2. The first-order valence-electron chi connectivity index (χ1n) is 7.77. The van der Waals surface area contributed by atoms with Gasteiger partial charge in [-0.2, -0.15) is 0 Å². The Labute approximate surface area is 146 Å². The summed E-state index contributed by atoms with van der Waals surface area (Å²) in [5.41, 5.74) is 2.84. The van der Waals surface area contributed by atoms with Gasteiger partial charge in [-0.05, 0) is 55.0 Å². The largest absolute Gasteiger partial charge is 0.203 e. The molecule has 3 aromatic rings. The summed E-state index contributed by atoms with van der Waals surface area (Å²) in [5.74, 6) is 9.92. The molecule has 120 valence electrons. The monoisotopic (exact) mass is 328 g/mol. The molecule has 0 atom stereocenters. The van der Waals surface area contributed by atoms with Crippen LogP contribution in [0.2, 0.25) is 0 Å². The van der Waals surface area contributed by atoms with Crippen molar-refractivity contribution in [1.82, 2.24) is 0 Å². The number of aryl methyl sites for hydroxylation is 1. The van der Waals surface area contributed by atoms with Gasteiger partial charge in [0.1, 0.15) is 0 Å². The van der Waals surface area contributed by atoms with E-state index in [0.29, 0.717) is 5.56 Å². The van der Waals surface area contributed by atoms with Crippen LogP contribution in [0.3, 0.4) is 0 Å². The average molecular weight is 328 g/mol. The van der Waals surface area contributed by atoms with Crippen molar-refractivity contribution in [3.63, 3.8) is 0 Å². The molecule has 0 bridgehead atoms. The van der Waals surface area contributed by atoms with Gasteiger partial charge in [-0.25, -0.2) is 8.78 Å². The summed E-state index contributed by atoms with van der Waals surface area (Å²) in [4.78, 5) is 0. The molecular formula is C23H14F2. The van der Waals surface area contributed by atoms with Gasteiger partial charge in [0.25, 0.3) is 0 Å². The highest BCUT2D eigenvalue weighted by Gasteiger charge is 2.08. The first-order valence-corrected chi connectivity index (χ1v) is 7.77. The zero-order valence-electron chi connectivity index (χ0n) is 13.6. The maximum atomic E-state index is 13.8. The molecule has 0 fully saturated rings. The van der Waals surface area contributed by atoms with E-state index < -0.39 is 11.6 Å². The van der Waals surface area contributed by atoms with Crippen LogP contribution < -0.4 is 0 Å². The molecule has 0 N–H and O–H groups in total. The first-order chi connectivity index (χ1) is 12.1. The second kappa shape index (κ2) is 7.47. The summed E-state index contributed by atoms with van der Waals surface area (Å²) in [6.07, 6.45) is 0. The third kappa shape index (κ3) is 4.14. The smallest absolute Gasteiger partial charge is 0.174 e. The van der Waals surface area contributed by atoms with Crippen LogP contribution in [0.5, 0.6) is 0 Å². The lowest BCUT2D eigenvalue weighted by Crippen LogP contribution is -1.92. The van der Waals surface area contributed by atoms with E-state index in [4.69, 9.17) is 0 Å². The summed E-state index contributed by atoms with van der Waals surface area (Å²) in [7, 11) is 0. The molecule has 0 aliphatic carbocycles. The van der Waals surface area contributed by atoms with Crippen LogP contribution in [-0.4, -0.2) is 0 Å². The van der Waals surface area contributed by atoms with Gasteiger partial charge >= 0.3 is 0 Å². The lowest BCUT2D eigenvalue weighted by atomic mass is 10.1. The Hall–Kier alpha value is -3.36. The topological polar surface area (TPSA) is 0 Å². The maximum absolute atomic E-state index is 13.8. The molecule has 0 aliphatic rings. The Bertz CT molecular complexity index is 1010. The molecule has 25 heavy (non-hydrogen) atoms. The fraction of sp³-hybridized carbons (Fsp3) is 0.0435. The average Bonchev–Trinajstić information content (AvgIpc) is 2.66. The minimum Gasteiger partial charge on any atom is -0.203 e. The van der Waals surface area contributed by atoms with Crippen molar-refractivity contribution in [3.8, 4) is 23.7 Å². The SMILES string of the molecule is Cc1ccc(C#Cc2ccc(C#Cc3ccccc3)cc2)c(F)c1F. The normalized spacial score (nSPS) is 9.56. The Kier molecular flexibility index (Phi) is 4.93. The fourth-order valence-electron chi connectivity index (χ4n) is 2.18. The number of hydrogen-bond donors (Lipinski definition) is 0. The van der Waals surface area contributed by atoms with E-state index in [0.717, 1.165) is 11.1 Å². The predicted octanol–water partition coefficient (Wildman–Crippen LogP) is 5.07. The maximum Gasteiger partial charge on any atom is 0.174 e. The Morgan fingerprint density at radius 3 is 1.68 bits per heavy atom. The van der Waals surface area contributed by atoms with Crippen LogP contribution >= 0.6 is 0 Å². The van der Waals surface area contributed by atoms with Crippen molar-refractivity contribution in [2.45, 2.75) is 6.92 Å². The minimum atomic E-state index is -0.905. The molecule has 2 heteroatoms. The van der Waals surface area contributed by atoms with Crippen LogP contribution in [0.4, 0.5) is 8.78 Å². The van der Waals surface area contributed by atoms with Gasteiger partial charge in [0, 0.05) is 16.7 Å². The van der Waals surface area contributed by atoms with Gasteiger partial charge in [0.15, 0.2) is 11.6 Å². The van der Waals surface area contributed by atoms with Crippen molar-refractivity contribution in [1.29, 1.82) is 0 Å². The van der Waals surface area contributed by atoms with Crippen LogP contribution in [-0.2, 0) is 0 Å². The van der Waals surface area contributed by atoms with Gasteiger partial charge < -0.3 is 0 Å². The van der Waals surface area contributed by atoms with Gasteiger partial charge in [0.05, 0.1) is 5.56 Å². The van der Waals surface area contributed by atoms with E-state index in [9.17, 15) is 8.78 Å². The van der Waals surface area contributed by atoms with Crippen LogP contribution in [0.1, 0.15) is 27.8 Å². The van der Waals surface area contributed by atoms with Gasteiger partial charge in [-0.3, -0.25) is 0 Å². The molecule has 0 spiro atoms. The molecule has 0 heterocycles. The summed E-state index contributed by atoms with van der Waals surface area (Å²) < 4.78 is 27.3. The van der Waals surface area contributed by atoms with E-state index >= 15 is 0 Å². The molecule has 0 aromatic heterocycles.